The molecule has 0 bridgehead atoms. The van der Waals surface area contributed by atoms with Gasteiger partial charge in [-0.2, -0.15) is 8.78 Å². The normalized spacial score (nSPS) is 14.4. The lowest BCUT2D eigenvalue weighted by atomic mass is 10.1. The average molecular weight is 236 g/mol. The van der Waals surface area contributed by atoms with Gasteiger partial charge in [0.05, 0.1) is 5.75 Å². The Bertz CT molecular complexity index is 279. The van der Waals surface area contributed by atoms with Crippen molar-refractivity contribution in [3.05, 3.63) is 0 Å². The molecule has 0 fully saturated rings. The summed E-state index contributed by atoms with van der Waals surface area (Å²) >= 11 is 0. The number of hydrogen-bond acceptors (Lipinski definition) is 2. The number of alkyl halides is 4. The second-order valence-electron chi connectivity index (χ2n) is 3.08. The van der Waals surface area contributed by atoms with Crippen molar-refractivity contribution in [1.29, 1.82) is 0 Å². The Hall–Kier alpha value is -0.330. The van der Waals surface area contributed by atoms with Gasteiger partial charge in [-0.05, 0) is 0 Å². The van der Waals surface area contributed by atoms with Crippen LogP contribution in [0, 0.1) is 0 Å². The molecule has 0 N–H and O–H groups in total. The summed E-state index contributed by atoms with van der Waals surface area (Å²) in [5.74, 6) is -9.69. The molecule has 0 saturated heterocycles. The highest BCUT2D eigenvalue weighted by Gasteiger charge is 2.51. The van der Waals surface area contributed by atoms with Crippen molar-refractivity contribution >= 4 is 9.84 Å². The van der Waals surface area contributed by atoms with Crippen molar-refractivity contribution in [2.75, 3.05) is 11.5 Å². The van der Waals surface area contributed by atoms with Crippen LogP contribution in [-0.4, -0.2) is 31.8 Å². The predicted octanol–water partition coefficient (Wildman–Crippen LogP) is 2.10. The van der Waals surface area contributed by atoms with Gasteiger partial charge < -0.3 is 0 Å². The van der Waals surface area contributed by atoms with Crippen molar-refractivity contribution in [3.63, 3.8) is 0 Å². The van der Waals surface area contributed by atoms with E-state index in [1.165, 1.54) is 6.92 Å². The molecule has 0 aromatic rings. The summed E-state index contributed by atoms with van der Waals surface area (Å²) < 4.78 is 71.2. The van der Waals surface area contributed by atoms with Crippen molar-refractivity contribution in [3.8, 4) is 0 Å². The van der Waals surface area contributed by atoms with Crippen LogP contribution in [0.15, 0.2) is 0 Å². The maximum atomic E-state index is 12.6. The summed E-state index contributed by atoms with van der Waals surface area (Å²) in [6, 6.07) is 0. The van der Waals surface area contributed by atoms with Crippen LogP contribution in [0.4, 0.5) is 17.6 Å². The fraction of sp³-hybridized carbons (Fsp3) is 1.00. The first-order valence-electron chi connectivity index (χ1n) is 3.98. The van der Waals surface area contributed by atoms with Gasteiger partial charge in [0.25, 0.3) is 0 Å². The van der Waals surface area contributed by atoms with Crippen LogP contribution in [0.5, 0.6) is 0 Å². The minimum Gasteiger partial charge on any atom is -0.229 e. The lowest BCUT2D eigenvalue weighted by molar-refractivity contribution is -0.197. The quantitative estimate of drug-likeness (QED) is 0.685. The van der Waals surface area contributed by atoms with E-state index in [9.17, 15) is 26.0 Å². The number of sulfone groups is 1. The fourth-order valence-electron chi connectivity index (χ4n) is 0.648. The monoisotopic (exact) mass is 236 g/mol. The molecule has 0 spiro atoms. The Balaban J connectivity index is 4.42. The summed E-state index contributed by atoms with van der Waals surface area (Å²) in [4.78, 5) is 0. The predicted molar refractivity (Wildman–Crippen MR) is 44.5 cm³/mol. The molecule has 0 aliphatic heterocycles. The molecule has 0 unspecified atom stereocenters. The first kappa shape index (κ1) is 13.7. The van der Waals surface area contributed by atoms with Gasteiger partial charge in [0.2, 0.25) is 0 Å². The van der Waals surface area contributed by atoms with Crippen LogP contribution in [0.25, 0.3) is 0 Å². The van der Waals surface area contributed by atoms with E-state index in [0.717, 1.165) is 0 Å². The molecule has 2 nitrogen and oxygen atoms in total. The molecule has 0 rings (SSSR count). The Labute approximate surface area is 80.2 Å². The third-order valence-electron chi connectivity index (χ3n) is 1.81. The molecule has 0 atom stereocenters. The molecule has 14 heavy (non-hydrogen) atoms. The van der Waals surface area contributed by atoms with E-state index in [-0.39, 0.29) is 12.7 Å². The first-order valence-corrected chi connectivity index (χ1v) is 5.80. The summed E-state index contributed by atoms with van der Waals surface area (Å²) in [6.07, 6.45) is -1.34. The molecule has 0 amide bonds. The molecule has 0 heterocycles. The van der Waals surface area contributed by atoms with E-state index in [1.54, 1.807) is 0 Å². The van der Waals surface area contributed by atoms with Gasteiger partial charge in [-0.3, -0.25) is 0 Å². The minimum absolute atomic E-state index is 0.0750. The van der Waals surface area contributed by atoms with E-state index < -0.39 is 33.9 Å². The average Bonchev–Trinajstić information content (AvgIpc) is 1.99. The summed E-state index contributed by atoms with van der Waals surface area (Å²) in [5, 5.41) is 0. The van der Waals surface area contributed by atoms with Crippen molar-refractivity contribution in [2.45, 2.75) is 32.1 Å². The molecule has 0 radical (unpaired) electrons. The van der Waals surface area contributed by atoms with Gasteiger partial charge in [0.15, 0.2) is 0 Å². The van der Waals surface area contributed by atoms with Gasteiger partial charge in [-0.25, -0.2) is 17.2 Å². The lowest BCUT2D eigenvalue weighted by Crippen LogP contribution is -2.39. The number of hydrogen-bond donors (Lipinski definition) is 0. The zero-order valence-electron chi connectivity index (χ0n) is 7.86. The van der Waals surface area contributed by atoms with Crippen molar-refractivity contribution < 1.29 is 26.0 Å². The summed E-state index contributed by atoms with van der Waals surface area (Å²) in [5.41, 5.74) is 0. The van der Waals surface area contributed by atoms with Gasteiger partial charge in [0.1, 0.15) is 9.84 Å². The third kappa shape index (κ3) is 3.81. The van der Waals surface area contributed by atoms with Crippen LogP contribution in [0.3, 0.4) is 0 Å². The molecule has 7 heteroatoms. The largest absolute Gasteiger partial charge is 0.310 e. The van der Waals surface area contributed by atoms with Crippen LogP contribution >= 0.6 is 0 Å². The molecular formula is C7H12F4O2S. The maximum Gasteiger partial charge on any atom is 0.310 e. The van der Waals surface area contributed by atoms with Crippen LogP contribution in [-0.2, 0) is 9.84 Å². The van der Waals surface area contributed by atoms with Crippen LogP contribution in [0.1, 0.15) is 20.3 Å². The topological polar surface area (TPSA) is 34.1 Å². The smallest absolute Gasteiger partial charge is 0.229 e. The van der Waals surface area contributed by atoms with Crippen LogP contribution < -0.4 is 0 Å². The molecule has 0 aliphatic rings. The third-order valence-corrected chi connectivity index (χ3v) is 3.51. The van der Waals surface area contributed by atoms with Gasteiger partial charge >= 0.3 is 11.8 Å². The van der Waals surface area contributed by atoms with Crippen LogP contribution in [0.2, 0.25) is 0 Å². The number of rotatable bonds is 5. The van der Waals surface area contributed by atoms with E-state index in [1.807, 2.05) is 0 Å². The molecule has 0 aliphatic carbocycles. The maximum absolute atomic E-state index is 12.6. The first-order chi connectivity index (χ1) is 6.02. The van der Waals surface area contributed by atoms with Gasteiger partial charge in [-0.15, -0.1) is 0 Å². The lowest BCUT2D eigenvalue weighted by Gasteiger charge is -2.22. The summed E-state index contributed by atoms with van der Waals surface area (Å²) in [7, 11) is -3.63. The Morgan fingerprint density at radius 3 is 1.86 bits per heavy atom. The molecule has 86 valence electrons. The second kappa shape index (κ2) is 4.04. The summed E-state index contributed by atoms with van der Waals surface area (Å²) in [6.45, 7) is 1.35. The molecule has 0 aromatic heterocycles. The van der Waals surface area contributed by atoms with E-state index >= 15 is 0 Å². The highest BCUT2D eigenvalue weighted by Crippen LogP contribution is 2.36. The van der Waals surface area contributed by atoms with Crippen molar-refractivity contribution in [2.24, 2.45) is 0 Å². The van der Waals surface area contributed by atoms with Crippen molar-refractivity contribution in [1.82, 2.24) is 0 Å². The highest BCUT2D eigenvalue weighted by atomic mass is 32.2. The zero-order valence-corrected chi connectivity index (χ0v) is 8.67. The number of halogens is 4. The Kier molecular flexibility index (Phi) is 3.94. The van der Waals surface area contributed by atoms with E-state index in [0.29, 0.717) is 0 Å². The fourth-order valence-corrected chi connectivity index (χ4v) is 1.50. The zero-order chi connectivity index (χ0) is 11.6. The van der Waals surface area contributed by atoms with E-state index in [4.69, 9.17) is 0 Å². The highest BCUT2D eigenvalue weighted by molar-refractivity contribution is 7.91. The van der Waals surface area contributed by atoms with Gasteiger partial charge in [0, 0.05) is 19.1 Å². The standard InChI is InChI=1S/C7H12F4O2S/c1-3-14(12,13)5-4-7(10,11)6(2,8)9/h3-5H2,1-2H3. The molecular weight excluding hydrogens is 224 g/mol. The van der Waals surface area contributed by atoms with E-state index in [2.05, 4.69) is 0 Å². The van der Waals surface area contributed by atoms with Gasteiger partial charge in [-0.1, -0.05) is 6.92 Å². The molecule has 0 saturated carbocycles. The molecule has 0 aromatic carbocycles. The Morgan fingerprint density at radius 2 is 1.57 bits per heavy atom. The Morgan fingerprint density at radius 1 is 1.14 bits per heavy atom. The SMILES string of the molecule is CCS(=O)(=O)CCC(F)(F)C(C)(F)F. The minimum atomic E-state index is -4.27. The second-order valence-corrected chi connectivity index (χ2v) is 5.55.